The zero-order chi connectivity index (χ0) is 14.7. The van der Waals surface area contributed by atoms with Crippen LogP contribution in [-0.4, -0.2) is 13.0 Å². The van der Waals surface area contributed by atoms with Gasteiger partial charge in [0.25, 0.3) is 5.91 Å². The Morgan fingerprint density at radius 2 is 2.00 bits per heavy atom. The van der Waals surface area contributed by atoms with E-state index in [-0.39, 0.29) is 0 Å². The van der Waals surface area contributed by atoms with E-state index in [0.29, 0.717) is 22.0 Å². The maximum Gasteiger partial charge on any atom is 0.259 e. The van der Waals surface area contributed by atoms with Gasteiger partial charge < -0.3 is 10.1 Å². The van der Waals surface area contributed by atoms with Crippen LogP contribution in [0.1, 0.15) is 15.9 Å². The first-order chi connectivity index (χ1) is 9.51. The summed E-state index contributed by atoms with van der Waals surface area (Å²) in [6.45, 7) is 1.78. The quantitative estimate of drug-likeness (QED) is 0.927. The minimum absolute atomic E-state index is 0.295. The predicted molar refractivity (Wildman–Crippen MR) is 77.1 cm³/mol. The van der Waals surface area contributed by atoms with Crippen LogP contribution < -0.4 is 10.1 Å². The summed E-state index contributed by atoms with van der Waals surface area (Å²) in [7, 11) is 1.47. The number of nitrogens with one attached hydrogen (secondary N) is 1. The average Bonchev–Trinajstić information content (AvgIpc) is 2.42. The molecular weight excluding hydrogens is 281 g/mol. The van der Waals surface area contributed by atoms with Crippen molar-refractivity contribution >= 4 is 23.2 Å². The Morgan fingerprint density at radius 1 is 1.25 bits per heavy atom. The fourth-order valence-electron chi connectivity index (χ4n) is 1.78. The van der Waals surface area contributed by atoms with Crippen molar-refractivity contribution in [2.75, 3.05) is 12.4 Å². The summed E-state index contributed by atoms with van der Waals surface area (Å²) in [4.78, 5) is 12.2. The molecule has 20 heavy (non-hydrogen) atoms. The number of halogens is 2. The van der Waals surface area contributed by atoms with Gasteiger partial charge in [0.2, 0.25) is 0 Å². The van der Waals surface area contributed by atoms with E-state index in [1.165, 1.54) is 25.3 Å². The Kier molecular flexibility index (Phi) is 4.25. The predicted octanol–water partition coefficient (Wildman–Crippen LogP) is 4.05. The molecular formula is C15H13ClFNO2. The van der Waals surface area contributed by atoms with E-state index < -0.39 is 11.7 Å². The normalized spacial score (nSPS) is 10.2. The number of anilines is 1. The largest absolute Gasteiger partial charge is 0.496 e. The topological polar surface area (TPSA) is 38.3 Å². The van der Waals surface area contributed by atoms with Gasteiger partial charge in [-0.15, -0.1) is 0 Å². The molecule has 0 aliphatic carbocycles. The molecule has 1 N–H and O–H groups in total. The molecule has 0 bridgehead atoms. The first kappa shape index (κ1) is 14.3. The fourth-order valence-corrected chi connectivity index (χ4v) is 1.95. The van der Waals surface area contributed by atoms with Gasteiger partial charge in [-0.1, -0.05) is 17.7 Å². The zero-order valence-electron chi connectivity index (χ0n) is 11.0. The second-order valence-corrected chi connectivity index (χ2v) is 4.69. The molecule has 0 aliphatic heterocycles. The standard InChI is InChI=1S/C15H13ClFNO2/c1-9-3-5-11(17)8-13(9)18-15(19)12-7-10(16)4-6-14(12)20-2/h3-8H,1-2H3,(H,18,19). The molecule has 5 heteroatoms. The van der Waals surface area contributed by atoms with Crippen LogP contribution in [0.4, 0.5) is 10.1 Å². The molecule has 0 saturated carbocycles. The van der Waals surface area contributed by atoms with E-state index in [0.717, 1.165) is 5.56 Å². The van der Waals surface area contributed by atoms with Crippen LogP contribution in [0.2, 0.25) is 5.02 Å². The van der Waals surface area contributed by atoms with E-state index in [2.05, 4.69) is 5.32 Å². The lowest BCUT2D eigenvalue weighted by Crippen LogP contribution is -2.14. The van der Waals surface area contributed by atoms with Crippen molar-refractivity contribution in [3.8, 4) is 5.75 Å². The Bertz CT molecular complexity index is 658. The highest BCUT2D eigenvalue weighted by molar-refractivity contribution is 6.31. The molecule has 2 rings (SSSR count). The monoisotopic (exact) mass is 293 g/mol. The van der Waals surface area contributed by atoms with Gasteiger partial charge in [-0.3, -0.25) is 4.79 Å². The van der Waals surface area contributed by atoms with Crippen LogP contribution >= 0.6 is 11.6 Å². The summed E-state index contributed by atoms with van der Waals surface area (Å²) in [6, 6.07) is 8.94. The van der Waals surface area contributed by atoms with Crippen LogP contribution in [0.3, 0.4) is 0 Å². The van der Waals surface area contributed by atoms with E-state index in [1.54, 1.807) is 25.1 Å². The van der Waals surface area contributed by atoms with Gasteiger partial charge in [-0.2, -0.15) is 0 Å². The number of benzene rings is 2. The molecule has 2 aromatic rings. The summed E-state index contributed by atoms with van der Waals surface area (Å²) in [5, 5.41) is 3.07. The molecule has 0 atom stereocenters. The number of methoxy groups -OCH3 is 1. The van der Waals surface area contributed by atoms with E-state index in [1.807, 2.05) is 0 Å². The minimum Gasteiger partial charge on any atom is -0.496 e. The van der Waals surface area contributed by atoms with Gasteiger partial charge in [0, 0.05) is 10.7 Å². The number of hydrogen-bond donors (Lipinski definition) is 1. The number of carbonyl (C=O) groups is 1. The smallest absolute Gasteiger partial charge is 0.259 e. The van der Waals surface area contributed by atoms with Gasteiger partial charge in [0.05, 0.1) is 12.7 Å². The molecule has 0 unspecified atom stereocenters. The van der Waals surface area contributed by atoms with Gasteiger partial charge in [0.1, 0.15) is 11.6 Å². The third-order valence-electron chi connectivity index (χ3n) is 2.85. The molecule has 0 heterocycles. The average molecular weight is 294 g/mol. The van der Waals surface area contributed by atoms with Crippen molar-refractivity contribution in [2.45, 2.75) is 6.92 Å². The summed E-state index contributed by atoms with van der Waals surface area (Å²) < 4.78 is 18.3. The van der Waals surface area contributed by atoms with Crippen molar-refractivity contribution in [2.24, 2.45) is 0 Å². The Labute approximate surface area is 121 Å². The summed E-state index contributed by atoms with van der Waals surface area (Å²) >= 11 is 5.88. The van der Waals surface area contributed by atoms with Crippen molar-refractivity contribution in [1.82, 2.24) is 0 Å². The molecule has 1 amide bonds. The first-order valence-electron chi connectivity index (χ1n) is 5.92. The lowest BCUT2D eigenvalue weighted by molar-refractivity contribution is 0.102. The fraction of sp³-hybridized carbons (Fsp3) is 0.133. The maximum absolute atomic E-state index is 13.2. The van der Waals surface area contributed by atoms with Crippen LogP contribution in [0.25, 0.3) is 0 Å². The second kappa shape index (κ2) is 5.92. The van der Waals surface area contributed by atoms with Crippen molar-refractivity contribution in [3.05, 3.63) is 58.4 Å². The molecule has 0 radical (unpaired) electrons. The number of ether oxygens (including phenoxy) is 1. The Balaban J connectivity index is 2.32. The molecule has 104 valence electrons. The maximum atomic E-state index is 13.2. The lowest BCUT2D eigenvalue weighted by atomic mass is 10.1. The van der Waals surface area contributed by atoms with E-state index in [4.69, 9.17) is 16.3 Å². The highest BCUT2D eigenvalue weighted by Gasteiger charge is 2.14. The number of rotatable bonds is 3. The Hall–Kier alpha value is -2.07. The summed E-state index contributed by atoms with van der Waals surface area (Å²) in [6.07, 6.45) is 0. The van der Waals surface area contributed by atoms with Crippen molar-refractivity contribution in [3.63, 3.8) is 0 Å². The zero-order valence-corrected chi connectivity index (χ0v) is 11.8. The SMILES string of the molecule is COc1ccc(Cl)cc1C(=O)Nc1cc(F)ccc1C. The minimum atomic E-state index is -0.413. The van der Waals surface area contributed by atoms with E-state index >= 15 is 0 Å². The van der Waals surface area contributed by atoms with Crippen LogP contribution in [0.5, 0.6) is 5.75 Å². The third-order valence-corrected chi connectivity index (χ3v) is 3.09. The molecule has 0 aromatic heterocycles. The highest BCUT2D eigenvalue weighted by Crippen LogP contribution is 2.24. The third kappa shape index (κ3) is 3.08. The lowest BCUT2D eigenvalue weighted by Gasteiger charge is -2.11. The van der Waals surface area contributed by atoms with Crippen molar-refractivity contribution < 1.29 is 13.9 Å². The number of hydrogen-bond acceptors (Lipinski definition) is 2. The molecule has 2 aromatic carbocycles. The molecule has 0 saturated heterocycles. The van der Waals surface area contributed by atoms with Crippen LogP contribution in [0.15, 0.2) is 36.4 Å². The summed E-state index contributed by atoms with van der Waals surface area (Å²) in [5.41, 5.74) is 1.47. The van der Waals surface area contributed by atoms with Crippen LogP contribution in [0, 0.1) is 12.7 Å². The molecule has 0 aliphatic rings. The van der Waals surface area contributed by atoms with Gasteiger partial charge in [0.15, 0.2) is 0 Å². The number of amides is 1. The first-order valence-corrected chi connectivity index (χ1v) is 6.30. The van der Waals surface area contributed by atoms with E-state index in [9.17, 15) is 9.18 Å². The molecule has 0 spiro atoms. The van der Waals surface area contributed by atoms with Crippen LogP contribution in [-0.2, 0) is 0 Å². The van der Waals surface area contributed by atoms with Gasteiger partial charge in [-0.05, 0) is 42.8 Å². The van der Waals surface area contributed by atoms with Gasteiger partial charge in [-0.25, -0.2) is 4.39 Å². The number of carbonyl (C=O) groups excluding carboxylic acids is 1. The number of aryl methyl sites for hydroxylation is 1. The van der Waals surface area contributed by atoms with Gasteiger partial charge >= 0.3 is 0 Å². The molecule has 3 nitrogen and oxygen atoms in total. The highest BCUT2D eigenvalue weighted by atomic mass is 35.5. The molecule has 0 fully saturated rings. The summed E-state index contributed by atoms with van der Waals surface area (Å²) in [5.74, 6) is -0.414. The second-order valence-electron chi connectivity index (χ2n) is 4.26. The Morgan fingerprint density at radius 3 is 2.70 bits per heavy atom. The van der Waals surface area contributed by atoms with Crippen molar-refractivity contribution in [1.29, 1.82) is 0 Å².